The van der Waals surface area contributed by atoms with Gasteiger partial charge in [-0.15, -0.1) is 0 Å². The monoisotopic (exact) mass is 324 g/mol. The molecule has 0 aromatic heterocycles. The van der Waals surface area contributed by atoms with E-state index < -0.39 is 0 Å². The molecule has 0 radical (unpaired) electrons. The molecule has 1 fully saturated rings. The Bertz CT molecular complexity index is 507. The van der Waals surface area contributed by atoms with Gasteiger partial charge in [0.2, 0.25) is 0 Å². The summed E-state index contributed by atoms with van der Waals surface area (Å²) < 4.78 is 0. The van der Waals surface area contributed by atoms with Crippen LogP contribution in [0, 0.1) is 25.7 Å². The molecular formula is C17H25ClN2S. The molecule has 1 aliphatic carbocycles. The number of hydrogen-bond donors (Lipinski definition) is 2. The van der Waals surface area contributed by atoms with E-state index in [1.54, 1.807) is 0 Å². The molecule has 4 heteroatoms. The lowest BCUT2D eigenvalue weighted by Gasteiger charge is -2.35. The molecule has 1 aliphatic rings. The molecule has 1 aromatic carbocycles. The third kappa shape index (κ3) is 4.10. The van der Waals surface area contributed by atoms with Crippen LogP contribution in [0.1, 0.15) is 44.2 Å². The first-order chi connectivity index (χ1) is 9.88. The van der Waals surface area contributed by atoms with Crippen LogP contribution in [0.2, 0.25) is 5.02 Å². The Kier molecular flexibility index (Phi) is 5.50. The molecule has 0 amide bonds. The van der Waals surface area contributed by atoms with Gasteiger partial charge in [-0.25, -0.2) is 0 Å². The molecule has 1 saturated carbocycles. The highest BCUT2D eigenvalue weighted by Crippen LogP contribution is 2.30. The van der Waals surface area contributed by atoms with Crippen LogP contribution in [0.25, 0.3) is 0 Å². The van der Waals surface area contributed by atoms with Crippen LogP contribution in [-0.4, -0.2) is 11.2 Å². The van der Waals surface area contributed by atoms with Gasteiger partial charge in [-0.3, -0.25) is 0 Å². The van der Waals surface area contributed by atoms with Gasteiger partial charge in [-0.05, 0) is 61.5 Å². The Balaban J connectivity index is 2.02. The van der Waals surface area contributed by atoms with E-state index in [0.717, 1.165) is 27.8 Å². The molecule has 2 rings (SSSR count). The summed E-state index contributed by atoms with van der Waals surface area (Å²) in [5, 5.41) is 8.15. The van der Waals surface area contributed by atoms with Crippen LogP contribution in [-0.2, 0) is 0 Å². The summed E-state index contributed by atoms with van der Waals surface area (Å²) in [4.78, 5) is 0. The smallest absolute Gasteiger partial charge is 0.171 e. The summed E-state index contributed by atoms with van der Waals surface area (Å²) in [5.74, 6) is 1.40. The van der Waals surface area contributed by atoms with Crippen LogP contribution in [0.3, 0.4) is 0 Å². The fourth-order valence-electron chi connectivity index (χ4n) is 3.18. The zero-order valence-electron chi connectivity index (χ0n) is 13.3. The van der Waals surface area contributed by atoms with Gasteiger partial charge in [0, 0.05) is 6.04 Å². The second kappa shape index (κ2) is 6.97. The first-order valence-corrected chi connectivity index (χ1v) is 8.51. The summed E-state index contributed by atoms with van der Waals surface area (Å²) in [6.07, 6.45) is 3.78. The van der Waals surface area contributed by atoms with Gasteiger partial charge in [0.1, 0.15) is 0 Å². The molecule has 0 spiro atoms. The second-order valence-electron chi connectivity index (χ2n) is 6.41. The Morgan fingerprint density at radius 3 is 2.62 bits per heavy atom. The standard InChI is InChI=1S/C17H25ClN2S/c1-10-8-12(3)16(14(18)9-10)20-17(21)19-15-7-5-6-11(2)13(15)4/h8-9,11,13,15H,5-7H2,1-4H3,(H2,19,20,21). The van der Waals surface area contributed by atoms with Gasteiger partial charge < -0.3 is 10.6 Å². The molecular weight excluding hydrogens is 300 g/mol. The minimum Gasteiger partial charge on any atom is -0.359 e. The Hall–Kier alpha value is -0.800. The largest absolute Gasteiger partial charge is 0.359 e. The molecule has 3 atom stereocenters. The lowest BCUT2D eigenvalue weighted by molar-refractivity contribution is 0.225. The normalized spacial score (nSPS) is 25.5. The van der Waals surface area contributed by atoms with Gasteiger partial charge in [-0.1, -0.05) is 44.4 Å². The highest BCUT2D eigenvalue weighted by atomic mass is 35.5. The fourth-order valence-corrected chi connectivity index (χ4v) is 3.80. The van der Waals surface area contributed by atoms with Crippen molar-refractivity contribution in [2.45, 2.75) is 53.0 Å². The first kappa shape index (κ1) is 16.6. The number of thiocarbonyl (C=S) groups is 1. The average Bonchev–Trinajstić information content (AvgIpc) is 2.39. The zero-order valence-corrected chi connectivity index (χ0v) is 14.9. The summed E-state index contributed by atoms with van der Waals surface area (Å²) in [5.41, 5.74) is 3.20. The maximum atomic E-state index is 6.32. The van der Waals surface area contributed by atoms with E-state index in [1.165, 1.54) is 19.3 Å². The van der Waals surface area contributed by atoms with Crippen LogP contribution < -0.4 is 10.6 Å². The van der Waals surface area contributed by atoms with Gasteiger partial charge in [-0.2, -0.15) is 0 Å². The molecule has 3 unspecified atom stereocenters. The second-order valence-corrected chi connectivity index (χ2v) is 7.23. The van der Waals surface area contributed by atoms with Gasteiger partial charge in [0.25, 0.3) is 0 Å². The van der Waals surface area contributed by atoms with E-state index in [-0.39, 0.29) is 0 Å². The minimum atomic E-state index is 0.457. The number of aryl methyl sites for hydroxylation is 2. The number of anilines is 1. The molecule has 0 aliphatic heterocycles. The van der Waals surface area contributed by atoms with Gasteiger partial charge >= 0.3 is 0 Å². The summed E-state index contributed by atoms with van der Waals surface area (Å²) in [6.45, 7) is 8.74. The van der Waals surface area contributed by atoms with Crippen molar-refractivity contribution in [1.82, 2.24) is 5.32 Å². The van der Waals surface area contributed by atoms with Gasteiger partial charge in [0.15, 0.2) is 5.11 Å². The first-order valence-electron chi connectivity index (χ1n) is 7.72. The number of hydrogen-bond acceptors (Lipinski definition) is 1. The molecule has 116 valence electrons. The lowest BCUT2D eigenvalue weighted by atomic mass is 9.78. The van der Waals surface area contributed by atoms with Crippen molar-refractivity contribution >= 4 is 34.6 Å². The van der Waals surface area contributed by atoms with Crippen molar-refractivity contribution in [3.8, 4) is 0 Å². The third-order valence-electron chi connectivity index (χ3n) is 4.69. The minimum absolute atomic E-state index is 0.457. The summed E-state index contributed by atoms with van der Waals surface area (Å²) >= 11 is 11.8. The van der Waals surface area contributed by atoms with Crippen molar-refractivity contribution < 1.29 is 0 Å². The van der Waals surface area contributed by atoms with Crippen molar-refractivity contribution in [3.05, 3.63) is 28.3 Å². The summed E-state index contributed by atoms with van der Waals surface area (Å²) in [7, 11) is 0. The molecule has 0 heterocycles. The van der Waals surface area contributed by atoms with E-state index >= 15 is 0 Å². The van der Waals surface area contributed by atoms with Crippen LogP contribution in [0.4, 0.5) is 5.69 Å². The van der Waals surface area contributed by atoms with E-state index in [9.17, 15) is 0 Å². The van der Waals surface area contributed by atoms with Gasteiger partial charge in [0.05, 0.1) is 10.7 Å². The number of rotatable bonds is 2. The van der Waals surface area contributed by atoms with Crippen molar-refractivity contribution in [3.63, 3.8) is 0 Å². The lowest BCUT2D eigenvalue weighted by Crippen LogP contribution is -2.45. The Labute approximate surface area is 138 Å². The summed E-state index contributed by atoms with van der Waals surface area (Å²) in [6, 6.07) is 4.53. The Morgan fingerprint density at radius 2 is 1.95 bits per heavy atom. The Morgan fingerprint density at radius 1 is 1.24 bits per heavy atom. The molecule has 21 heavy (non-hydrogen) atoms. The van der Waals surface area contributed by atoms with Crippen molar-refractivity contribution in [1.29, 1.82) is 0 Å². The number of nitrogens with one attached hydrogen (secondary N) is 2. The van der Waals surface area contributed by atoms with Crippen molar-refractivity contribution in [2.24, 2.45) is 11.8 Å². The van der Waals surface area contributed by atoms with E-state index in [2.05, 4.69) is 37.5 Å². The maximum absolute atomic E-state index is 6.32. The topological polar surface area (TPSA) is 24.1 Å². The SMILES string of the molecule is Cc1cc(C)c(NC(=S)NC2CCCC(C)C2C)c(Cl)c1. The van der Waals surface area contributed by atoms with E-state index in [4.69, 9.17) is 23.8 Å². The van der Waals surface area contributed by atoms with Crippen LogP contribution in [0.15, 0.2) is 12.1 Å². The van der Waals surface area contributed by atoms with Crippen LogP contribution in [0.5, 0.6) is 0 Å². The molecule has 2 nitrogen and oxygen atoms in total. The van der Waals surface area contributed by atoms with Crippen LogP contribution >= 0.6 is 23.8 Å². The van der Waals surface area contributed by atoms with Crippen molar-refractivity contribution in [2.75, 3.05) is 5.32 Å². The molecule has 0 bridgehead atoms. The predicted molar refractivity (Wildman–Crippen MR) is 96.2 cm³/mol. The van der Waals surface area contributed by atoms with E-state index in [0.29, 0.717) is 17.1 Å². The molecule has 0 saturated heterocycles. The van der Waals surface area contributed by atoms with E-state index in [1.807, 2.05) is 13.0 Å². The molecule has 2 N–H and O–H groups in total. The highest BCUT2D eigenvalue weighted by molar-refractivity contribution is 7.80. The highest BCUT2D eigenvalue weighted by Gasteiger charge is 2.27. The number of benzene rings is 1. The fraction of sp³-hybridized carbons (Fsp3) is 0.588. The quantitative estimate of drug-likeness (QED) is 0.743. The average molecular weight is 325 g/mol. The number of halogens is 1. The predicted octanol–water partition coefficient (Wildman–Crippen LogP) is 5.07. The maximum Gasteiger partial charge on any atom is 0.171 e. The molecule has 1 aromatic rings. The third-order valence-corrected chi connectivity index (χ3v) is 5.21. The zero-order chi connectivity index (χ0) is 15.6.